The molecule has 1 aromatic carbocycles. The van der Waals surface area contributed by atoms with E-state index in [1.165, 1.54) is 4.88 Å². The topological polar surface area (TPSA) is 81.1 Å². The highest BCUT2D eigenvalue weighted by atomic mass is 32.1. The van der Waals surface area contributed by atoms with E-state index < -0.39 is 5.91 Å². The van der Waals surface area contributed by atoms with Gasteiger partial charge >= 0.3 is 0 Å². The lowest BCUT2D eigenvalue weighted by atomic mass is 10.1. The fourth-order valence-corrected chi connectivity index (χ4v) is 2.50. The monoisotopic (exact) mass is 261 g/mol. The van der Waals surface area contributed by atoms with Gasteiger partial charge in [0.15, 0.2) is 0 Å². The molecule has 0 saturated heterocycles. The number of hydrogen-bond acceptors (Lipinski definition) is 4. The zero-order valence-electron chi connectivity index (χ0n) is 10.0. The third-order valence-electron chi connectivity index (χ3n) is 2.69. The Morgan fingerprint density at radius 2 is 2.11 bits per heavy atom. The van der Waals surface area contributed by atoms with Gasteiger partial charge in [-0.2, -0.15) is 0 Å². The molecular formula is C13H15N3OS. The molecule has 1 aromatic heterocycles. The lowest BCUT2D eigenvalue weighted by Gasteiger charge is -2.17. The highest BCUT2D eigenvalue weighted by Crippen LogP contribution is 2.29. The maximum atomic E-state index is 11.4. The van der Waals surface area contributed by atoms with E-state index in [0.29, 0.717) is 16.9 Å². The Hall–Kier alpha value is -2.01. The maximum absolute atomic E-state index is 11.4. The summed E-state index contributed by atoms with van der Waals surface area (Å²) in [4.78, 5) is 12.5. The zero-order valence-corrected chi connectivity index (χ0v) is 10.8. The van der Waals surface area contributed by atoms with Gasteiger partial charge in [-0.05, 0) is 30.5 Å². The highest BCUT2D eigenvalue weighted by Gasteiger charge is 2.14. The third-order valence-corrected chi connectivity index (χ3v) is 3.75. The van der Waals surface area contributed by atoms with E-state index in [9.17, 15) is 4.79 Å². The van der Waals surface area contributed by atoms with Crippen LogP contribution in [-0.4, -0.2) is 5.91 Å². The van der Waals surface area contributed by atoms with Crippen molar-refractivity contribution in [3.05, 3.63) is 46.2 Å². The van der Waals surface area contributed by atoms with E-state index in [4.69, 9.17) is 11.5 Å². The second-order valence-electron chi connectivity index (χ2n) is 4.02. The number of carbonyl (C=O) groups is 1. The van der Waals surface area contributed by atoms with Gasteiger partial charge in [-0.1, -0.05) is 12.1 Å². The summed E-state index contributed by atoms with van der Waals surface area (Å²) in [5.41, 5.74) is 12.8. The van der Waals surface area contributed by atoms with Gasteiger partial charge in [0.2, 0.25) is 0 Å². The van der Waals surface area contributed by atoms with Crippen molar-refractivity contribution in [2.24, 2.45) is 5.73 Å². The number of hydrogen-bond donors (Lipinski definition) is 3. The Bertz CT molecular complexity index is 551. The van der Waals surface area contributed by atoms with Crippen LogP contribution in [0.25, 0.3) is 0 Å². The van der Waals surface area contributed by atoms with E-state index in [1.54, 1.807) is 29.5 Å². The number of anilines is 2. The highest BCUT2D eigenvalue weighted by molar-refractivity contribution is 7.10. The van der Waals surface area contributed by atoms with Crippen LogP contribution in [0.3, 0.4) is 0 Å². The van der Waals surface area contributed by atoms with Gasteiger partial charge in [0.05, 0.1) is 23.0 Å². The SMILES string of the molecule is CC(Nc1c(N)cccc1C(N)=O)c1cccs1. The zero-order chi connectivity index (χ0) is 13.1. The number of primary amides is 1. The van der Waals surface area contributed by atoms with E-state index in [0.717, 1.165) is 0 Å². The molecule has 0 bridgehead atoms. The van der Waals surface area contributed by atoms with E-state index >= 15 is 0 Å². The van der Waals surface area contributed by atoms with Crippen molar-refractivity contribution in [2.75, 3.05) is 11.1 Å². The summed E-state index contributed by atoms with van der Waals surface area (Å²) in [6, 6.07) is 9.23. The second-order valence-corrected chi connectivity index (χ2v) is 4.99. The van der Waals surface area contributed by atoms with Crippen molar-refractivity contribution in [1.82, 2.24) is 0 Å². The quantitative estimate of drug-likeness (QED) is 0.740. The van der Waals surface area contributed by atoms with Crippen molar-refractivity contribution in [1.29, 1.82) is 0 Å². The molecule has 18 heavy (non-hydrogen) atoms. The smallest absolute Gasteiger partial charge is 0.250 e. The minimum absolute atomic E-state index is 0.0767. The van der Waals surface area contributed by atoms with Gasteiger partial charge in [0.1, 0.15) is 0 Å². The van der Waals surface area contributed by atoms with Crippen molar-refractivity contribution >= 4 is 28.6 Å². The van der Waals surface area contributed by atoms with Crippen LogP contribution >= 0.6 is 11.3 Å². The first-order valence-corrected chi connectivity index (χ1v) is 6.46. The number of benzene rings is 1. The first-order valence-electron chi connectivity index (χ1n) is 5.58. The number of amides is 1. The molecule has 4 nitrogen and oxygen atoms in total. The van der Waals surface area contributed by atoms with Gasteiger partial charge in [0.25, 0.3) is 5.91 Å². The molecule has 0 radical (unpaired) electrons. The Morgan fingerprint density at radius 1 is 1.33 bits per heavy atom. The molecule has 0 spiro atoms. The molecule has 1 atom stereocenters. The van der Waals surface area contributed by atoms with Gasteiger partial charge in [0, 0.05) is 4.88 Å². The second kappa shape index (κ2) is 5.10. The van der Waals surface area contributed by atoms with Crippen LogP contribution in [0.4, 0.5) is 11.4 Å². The van der Waals surface area contributed by atoms with Gasteiger partial charge < -0.3 is 16.8 Å². The number of carbonyl (C=O) groups excluding carboxylic acids is 1. The average molecular weight is 261 g/mol. The Labute approximate surface area is 110 Å². The Balaban J connectivity index is 2.31. The molecule has 94 valence electrons. The summed E-state index contributed by atoms with van der Waals surface area (Å²) >= 11 is 1.65. The normalized spacial score (nSPS) is 12.1. The first kappa shape index (κ1) is 12.4. The molecule has 0 fully saturated rings. The van der Waals surface area contributed by atoms with Crippen molar-refractivity contribution in [2.45, 2.75) is 13.0 Å². The molecule has 0 saturated carbocycles. The predicted octanol–water partition coefficient (Wildman–Crippen LogP) is 2.60. The molecule has 2 rings (SSSR count). The fraction of sp³-hybridized carbons (Fsp3) is 0.154. The minimum Gasteiger partial charge on any atom is -0.397 e. The molecule has 1 unspecified atom stereocenters. The number of nitrogens with two attached hydrogens (primary N) is 2. The number of nitrogen functional groups attached to an aromatic ring is 1. The van der Waals surface area contributed by atoms with Gasteiger partial charge in [-0.3, -0.25) is 4.79 Å². The maximum Gasteiger partial charge on any atom is 0.250 e. The first-order chi connectivity index (χ1) is 8.59. The van der Waals surface area contributed by atoms with Crippen LogP contribution in [0.2, 0.25) is 0 Å². The number of para-hydroxylation sites is 1. The summed E-state index contributed by atoms with van der Waals surface area (Å²) in [6.07, 6.45) is 0. The summed E-state index contributed by atoms with van der Waals surface area (Å²) in [5.74, 6) is -0.483. The van der Waals surface area contributed by atoms with Crippen LogP contribution < -0.4 is 16.8 Å². The molecule has 0 aliphatic rings. The number of rotatable bonds is 4. The number of thiophene rings is 1. The molecule has 1 heterocycles. The average Bonchev–Trinajstić information content (AvgIpc) is 2.85. The van der Waals surface area contributed by atoms with Crippen molar-refractivity contribution in [3.63, 3.8) is 0 Å². The molecule has 0 aliphatic heterocycles. The van der Waals surface area contributed by atoms with Crippen LogP contribution in [-0.2, 0) is 0 Å². The molecular weight excluding hydrogens is 246 g/mol. The lowest BCUT2D eigenvalue weighted by Crippen LogP contribution is -2.17. The van der Waals surface area contributed by atoms with Crippen LogP contribution in [0.15, 0.2) is 35.7 Å². The number of nitrogens with one attached hydrogen (secondary N) is 1. The van der Waals surface area contributed by atoms with Crippen LogP contribution in [0.1, 0.15) is 28.2 Å². The third kappa shape index (κ3) is 2.46. The summed E-state index contributed by atoms with van der Waals surface area (Å²) in [6.45, 7) is 2.02. The van der Waals surface area contributed by atoms with Gasteiger partial charge in [-0.25, -0.2) is 0 Å². The van der Waals surface area contributed by atoms with E-state index in [-0.39, 0.29) is 6.04 Å². The fourth-order valence-electron chi connectivity index (χ4n) is 1.76. The van der Waals surface area contributed by atoms with Crippen molar-refractivity contribution < 1.29 is 4.79 Å². The van der Waals surface area contributed by atoms with Crippen molar-refractivity contribution in [3.8, 4) is 0 Å². The Morgan fingerprint density at radius 3 is 2.72 bits per heavy atom. The molecule has 1 amide bonds. The molecule has 2 aromatic rings. The summed E-state index contributed by atoms with van der Waals surface area (Å²) < 4.78 is 0. The van der Waals surface area contributed by atoms with Crippen LogP contribution in [0, 0.1) is 0 Å². The summed E-state index contributed by atoms with van der Waals surface area (Å²) in [5, 5.41) is 5.26. The molecule has 5 N–H and O–H groups in total. The standard InChI is InChI=1S/C13H15N3OS/c1-8(11-6-3-7-18-11)16-12-9(13(15)17)4-2-5-10(12)14/h2-8,16H,14H2,1H3,(H2,15,17). The Kier molecular flexibility index (Phi) is 3.53. The van der Waals surface area contributed by atoms with Gasteiger partial charge in [-0.15, -0.1) is 11.3 Å². The van der Waals surface area contributed by atoms with E-state index in [2.05, 4.69) is 5.32 Å². The largest absolute Gasteiger partial charge is 0.397 e. The minimum atomic E-state index is -0.483. The summed E-state index contributed by atoms with van der Waals surface area (Å²) in [7, 11) is 0. The molecule has 5 heteroatoms. The van der Waals surface area contributed by atoms with E-state index in [1.807, 2.05) is 24.4 Å². The lowest BCUT2D eigenvalue weighted by molar-refractivity contribution is 0.100. The van der Waals surface area contributed by atoms with Crippen LogP contribution in [0.5, 0.6) is 0 Å². The molecule has 0 aliphatic carbocycles. The predicted molar refractivity (Wildman–Crippen MR) is 75.7 cm³/mol.